The van der Waals surface area contributed by atoms with E-state index in [2.05, 4.69) is 21.2 Å². The van der Waals surface area contributed by atoms with Crippen LogP contribution >= 0.6 is 15.9 Å². The van der Waals surface area contributed by atoms with Crippen molar-refractivity contribution in [3.05, 3.63) is 28.2 Å². The predicted molar refractivity (Wildman–Crippen MR) is 80.9 cm³/mol. The number of aliphatic carboxylic acids is 1. The van der Waals surface area contributed by atoms with Gasteiger partial charge in [-0.3, -0.25) is 4.79 Å². The number of hydrogen-bond acceptors (Lipinski definition) is 3. The summed E-state index contributed by atoms with van der Waals surface area (Å²) in [7, 11) is 1.66. The SMILES string of the molecule is COc1ccc(Br)cc1CNCC1CCCC1C(=O)O. The predicted octanol–water partition coefficient (Wildman–Crippen LogP) is 3.05. The fraction of sp³-hybridized carbons (Fsp3) is 0.533. The molecule has 110 valence electrons. The van der Waals surface area contributed by atoms with Crippen LogP contribution in [-0.4, -0.2) is 24.7 Å². The second kappa shape index (κ2) is 7.09. The largest absolute Gasteiger partial charge is 0.496 e. The van der Waals surface area contributed by atoms with Gasteiger partial charge in [-0.15, -0.1) is 0 Å². The molecule has 1 saturated carbocycles. The van der Waals surface area contributed by atoms with E-state index in [0.29, 0.717) is 6.54 Å². The third-order valence-corrected chi connectivity index (χ3v) is 4.43. The van der Waals surface area contributed by atoms with Crippen molar-refractivity contribution >= 4 is 21.9 Å². The van der Waals surface area contributed by atoms with Crippen LogP contribution in [0, 0.1) is 11.8 Å². The molecule has 0 saturated heterocycles. The van der Waals surface area contributed by atoms with Gasteiger partial charge in [0, 0.05) is 16.6 Å². The average Bonchev–Trinajstić information content (AvgIpc) is 2.87. The molecule has 0 bridgehead atoms. The van der Waals surface area contributed by atoms with Crippen LogP contribution in [-0.2, 0) is 11.3 Å². The van der Waals surface area contributed by atoms with E-state index in [-0.39, 0.29) is 11.8 Å². The number of benzene rings is 1. The number of ether oxygens (including phenoxy) is 1. The molecule has 20 heavy (non-hydrogen) atoms. The molecule has 0 heterocycles. The number of rotatable bonds is 6. The molecule has 2 rings (SSSR count). The first-order valence-corrected chi connectivity index (χ1v) is 7.67. The smallest absolute Gasteiger partial charge is 0.306 e. The summed E-state index contributed by atoms with van der Waals surface area (Å²) in [6.45, 7) is 1.43. The highest BCUT2D eigenvalue weighted by molar-refractivity contribution is 9.10. The van der Waals surface area contributed by atoms with Crippen molar-refractivity contribution in [1.29, 1.82) is 0 Å². The molecule has 2 N–H and O–H groups in total. The van der Waals surface area contributed by atoms with Gasteiger partial charge in [0.2, 0.25) is 0 Å². The van der Waals surface area contributed by atoms with Crippen LogP contribution in [0.5, 0.6) is 5.75 Å². The van der Waals surface area contributed by atoms with Crippen molar-refractivity contribution in [2.24, 2.45) is 11.8 Å². The summed E-state index contributed by atoms with van der Waals surface area (Å²) >= 11 is 3.45. The molecule has 1 aliphatic rings. The van der Waals surface area contributed by atoms with Gasteiger partial charge in [0.15, 0.2) is 0 Å². The maximum absolute atomic E-state index is 11.1. The summed E-state index contributed by atoms with van der Waals surface area (Å²) in [6.07, 6.45) is 2.82. The normalized spacial score (nSPS) is 21.9. The highest BCUT2D eigenvalue weighted by Crippen LogP contribution is 2.31. The van der Waals surface area contributed by atoms with E-state index in [0.717, 1.165) is 41.6 Å². The summed E-state index contributed by atoms with van der Waals surface area (Å²) < 4.78 is 6.34. The van der Waals surface area contributed by atoms with E-state index in [4.69, 9.17) is 9.84 Å². The van der Waals surface area contributed by atoms with E-state index >= 15 is 0 Å². The molecule has 0 aliphatic heterocycles. The molecule has 1 aromatic rings. The molecule has 0 aromatic heterocycles. The zero-order chi connectivity index (χ0) is 14.5. The van der Waals surface area contributed by atoms with Gasteiger partial charge in [0.25, 0.3) is 0 Å². The minimum absolute atomic E-state index is 0.188. The lowest BCUT2D eigenvalue weighted by molar-refractivity contribution is -0.142. The van der Waals surface area contributed by atoms with Crippen molar-refractivity contribution in [3.63, 3.8) is 0 Å². The van der Waals surface area contributed by atoms with E-state index in [1.165, 1.54) is 0 Å². The Bertz CT molecular complexity index is 478. The first-order chi connectivity index (χ1) is 9.61. The van der Waals surface area contributed by atoms with Crippen LogP contribution in [0.25, 0.3) is 0 Å². The van der Waals surface area contributed by atoms with Crippen LogP contribution in [0.3, 0.4) is 0 Å². The molecule has 5 heteroatoms. The van der Waals surface area contributed by atoms with Gasteiger partial charge in [-0.1, -0.05) is 22.4 Å². The number of carboxylic acid groups (broad SMARTS) is 1. The van der Waals surface area contributed by atoms with Gasteiger partial charge >= 0.3 is 5.97 Å². The Balaban J connectivity index is 1.90. The monoisotopic (exact) mass is 341 g/mol. The number of methoxy groups -OCH3 is 1. The Morgan fingerprint density at radius 1 is 1.50 bits per heavy atom. The average molecular weight is 342 g/mol. The Labute approximate surface area is 127 Å². The van der Waals surface area contributed by atoms with Gasteiger partial charge in [-0.05, 0) is 43.5 Å². The second-order valence-electron chi connectivity index (χ2n) is 5.22. The number of hydrogen-bond donors (Lipinski definition) is 2. The summed E-state index contributed by atoms with van der Waals surface area (Å²) in [5.41, 5.74) is 1.08. The molecule has 2 atom stereocenters. The topological polar surface area (TPSA) is 58.6 Å². The van der Waals surface area contributed by atoms with E-state index < -0.39 is 5.97 Å². The first kappa shape index (κ1) is 15.3. The first-order valence-electron chi connectivity index (χ1n) is 6.87. The minimum Gasteiger partial charge on any atom is -0.496 e. The van der Waals surface area contributed by atoms with Gasteiger partial charge < -0.3 is 15.2 Å². The molecular weight excluding hydrogens is 322 g/mol. The fourth-order valence-electron chi connectivity index (χ4n) is 2.88. The van der Waals surface area contributed by atoms with Crippen LogP contribution in [0.1, 0.15) is 24.8 Å². The summed E-state index contributed by atoms with van der Waals surface area (Å²) in [6, 6.07) is 5.89. The van der Waals surface area contributed by atoms with Crippen molar-refractivity contribution in [2.45, 2.75) is 25.8 Å². The number of carboxylic acids is 1. The summed E-state index contributed by atoms with van der Waals surface area (Å²) in [5.74, 6) is 0.244. The third-order valence-electron chi connectivity index (χ3n) is 3.94. The quantitative estimate of drug-likeness (QED) is 0.834. The number of halogens is 1. The Morgan fingerprint density at radius 2 is 2.30 bits per heavy atom. The Kier molecular flexibility index (Phi) is 5.43. The second-order valence-corrected chi connectivity index (χ2v) is 6.14. The Hall–Kier alpha value is -1.07. The molecule has 0 spiro atoms. The van der Waals surface area contributed by atoms with Gasteiger partial charge in [0.05, 0.1) is 13.0 Å². The maximum atomic E-state index is 11.1. The maximum Gasteiger partial charge on any atom is 0.306 e. The van der Waals surface area contributed by atoms with Crippen molar-refractivity contribution in [2.75, 3.05) is 13.7 Å². The zero-order valence-electron chi connectivity index (χ0n) is 11.6. The number of nitrogens with one attached hydrogen (secondary N) is 1. The van der Waals surface area contributed by atoms with Gasteiger partial charge in [-0.25, -0.2) is 0 Å². The molecule has 0 radical (unpaired) electrons. The minimum atomic E-state index is -0.658. The summed E-state index contributed by atoms with van der Waals surface area (Å²) in [4.78, 5) is 11.1. The van der Waals surface area contributed by atoms with E-state index in [1.54, 1.807) is 7.11 Å². The van der Waals surface area contributed by atoms with Crippen LogP contribution in [0.15, 0.2) is 22.7 Å². The van der Waals surface area contributed by atoms with Crippen LogP contribution < -0.4 is 10.1 Å². The fourth-order valence-corrected chi connectivity index (χ4v) is 3.29. The highest BCUT2D eigenvalue weighted by atomic mass is 79.9. The lowest BCUT2D eigenvalue weighted by Crippen LogP contribution is -2.28. The summed E-state index contributed by atoms with van der Waals surface area (Å²) in [5, 5.41) is 12.5. The molecule has 0 amide bonds. The van der Waals surface area contributed by atoms with Crippen molar-refractivity contribution in [3.8, 4) is 5.75 Å². The van der Waals surface area contributed by atoms with Gasteiger partial charge in [-0.2, -0.15) is 0 Å². The molecular formula is C15H20BrNO3. The van der Waals surface area contributed by atoms with E-state index in [9.17, 15) is 4.79 Å². The van der Waals surface area contributed by atoms with Crippen LogP contribution in [0.2, 0.25) is 0 Å². The molecule has 1 aromatic carbocycles. The van der Waals surface area contributed by atoms with Crippen molar-refractivity contribution < 1.29 is 14.6 Å². The lowest BCUT2D eigenvalue weighted by atomic mass is 9.96. The Morgan fingerprint density at radius 3 is 3.00 bits per heavy atom. The molecule has 1 fully saturated rings. The number of carbonyl (C=O) groups is 1. The third kappa shape index (κ3) is 3.73. The standard InChI is InChI=1S/C15H20BrNO3/c1-20-14-6-5-12(16)7-11(14)9-17-8-10-3-2-4-13(10)15(18)19/h5-7,10,13,17H,2-4,8-9H2,1H3,(H,18,19). The van der Waals surface area contributed by atoms with Crippen LogP contribution in [0.4, 0.5) is 0 Å². The lowest BCUT2D eigenvalue weighted by Gasteiger charge is -2.17. The molecule has 4 nitrogen and oxygen atoms in total. The van der Waals surface area contributed by atoms with Crippen molar-refractivity contribution in [1.82, 2.24) is 5.32 Å². The highest BCUT2D eigenvalue weighted by Gasteiger charge is 2.32. The van der Waals surface area contributed by atoms with Gasteiger partial charge in [0.1, 0.15) is 5.75 Å². The molecule has 2 unspecified atom stereocenters. The van der Waals surface area contributed by atoms with E-state index in [1.807, 2.05) is 18.2 Å². The molecule has 1 aliphatic carbocycles. The zero-order valence-corrected chi connectivity index (χ0v) is 13.1.